The van der Waals surface area contributed by atoms with E-state index in [1.165, 1.54) is 0 Å². The highest BCUT2D eigenvalue weighted by Gasteiger charge is 2.09. The molecule has 0 saturated carbocycles. The van der Waals surface area contributed by atoms with Crippen molar-refractivity contribution in [1.29, 1.82) is 0 Å². The lowest BCUT2D eigenvalue weighted by Gasteiger charge is -2.11. The van der Waals surface area contributed by atoms with Crippen LogP contribution in [0.2, 0.25) is 5.02 Å². The summed E-state index contributed by atoms with van der Waals surface area (Å²) in [6.45, 7) is 1.35. The van der Waals surface area contributed by atoms with Crippen LogP contribution in [0.1, 0.15) is 0 Å². The Morgan fingerprint density at radius 1 is 1.26 bits per heavy atom. The molecule has 1 aromatic carbocycles. The summed E-state index contributed by atoms with van der Waals surface area (Å²) in [4.78, 5) is 13.1. The number of fused-ring (bicyclic) bond motifs is 1. The Morgan fingerprint density at radius 3 is 2.96 bits per heavy atom. The van der Waals surface area contributed by atoms with Gasteiger partial charge in [-0.25, -0.2) is 9.97 Å². The molecule has 0 fully saturated rings. The Balaban J connectivity index is 1.91. The fraction of sp³-hybridized carbons (Fsp3) is 0.267. The van der Waals surface area contributed by atoms with Crippen LogP contribution in [-0.2, 0) is 4.74 Å². The molecule has 0 spiro atoms. The molecule has 0 atom stereocenters. The van der Waals surface area contributed by atoms with Gasteiger partial charge in [-0.05, 0) is 18.2 Å². The van der Waals surface area contributed by atoms with Gasteiger partial charge in [-0.15, -0.1) is 0 Å². The first-order valence-electron chi connectivity index (χ1n) is 7.16. The minimum absolute atomic E-state index is 0.0107. The van der Waals surface area contributed by atoms with Gasteiger partial charge in [0.05, 0.1) is 25.3 Å². The highest BCUT2D eigenvalue weighted by atomic mass is 35.5. The molecular formula is C15H16ClN5O2. The molecule has 0 radical (unpaired) electrons. The van der Waals surface area contributed by atoms with Gasteiger partial charge in [-0.1, -0.05) is 11.6 Å². The van der Waals surface area contributed by atoms with Crippen LogP contribution in [0.3, 0.4) is 0 Å². The minimum Gasteiger partial charge on any atom is -0.394 e. The maximum absolute atomic E-state index is 8.71. The van der Waals surface area contributed by atoms with E-state index in [0.29, 0.717) is 36.5 Å². The number of hydrogen-bond donors (Lipinski definition) is 2. The maximum atomic E-state index is 8.71. The number of nitrogens with one attached hydrogen (secondary N) is 1. The molecule has 0 saturated heterocycles. The first-order chi connectivity index (χ1) is 11.3. The Morgan fingerprint density at radius 2 is 2.17 bits per heavy atom. The van der Waals surface area contributed by atoms with Gasteiger partial charge in [0.25, 0.3) is 0 Å². The number of aromatic nitrogens is 4. The number of aliphatic hydroxyl groups is 1. The smallest absolute Gasteiger partial charge is 0.237 e. The van der Waals surface area contributed by atoms with E-state index in [1.807, 2.05) is 12.1 Å². The van der Waals surface area contributed by atoms with Crippen molar-refractivity contribution < 1.29 is 9.84 Å². The van der Waals surface area contributed by atoms with Gasteiger partial charge >= 0.3 is 0 Å². The molecule has 0 aliphatic carbocycles. The van der Waals surface area contributed by atoms with Crippen molar-refractivity contribution in [2.24, 2.45) is 0 Å². The van der Waals surface area contributed by atoms with E-state index in [2.05, 4.69) is 20.3 Å². The second-order valence-electron chi connectivity index (χ2n) is 4.77. The molecule has 2 N–H and O–H groups in total. The average Bonchev–Trinajstić information content (AvgIpc) is 3.09. The quantitative estimate of drug-likeness (QED) is 0.642. The Labute approximate surface area is 137 Å². The van der Waals surface area contributed by atoms with Gasteiger partial charge < -0.3 is 15.2 Å². The fourth-order valence-electron chi connectivity index (χ4n) is 2.12. The molecule has 0 bridgehead atoms. The van der Waals surface area contributed by atoms with E-state index in [4.69, 9.17) is 21.4 Å². The van der Waals surface area contributed by atoms with Crippen LogP contribution in [-0.4, -0.2) is 51.0 Å². The van der Waals surface area contributed by atoms with Gasteiger partial charge in [0.2, 0.25) is 5.95 Å². The summed E-state index contributed by atoms with van der Waals surface area (Å²) in [5.41, 5.74) is 0.784. The van der Waals surface area contributed by atoms with E-state index in [0.717, 1.165) is 10.9 Å². The third-order valence-electron chi connectivity index (χ3n) is 3.16. The molecule has 2 heterocycles. The maximum Gasteiger partial charge on any atom is 0.237 e. The third kappa shape index (κ3) is 3.76. The van der Waals surface area contributed by atoms with Gasteiger partial charge in [0.15, 0.2) is 0 Å². The van der Waals surface area contributed by atoms with Crippen LogP contribution in [0, 0.1) is 0 Å². The second kappa shape index (κ2) is 7.36. The van der Waals surface area contributed by atoms with E-state index in [9.17, 15) is 0 Å². The molecule has 0 unspecified atom stereocenters. The monoisotopic (exact) mass is 333 g/mol. The largest absolute Gasteiger partial charge is 0.394 e. The third-order valence-corrected chi connectivity index (χ3v) is 3.39. The molecule has 0 aliphatic rings. The number of halogens is 1. The topological polar surface area (TPSA) is 85.1 Å². The summed E-state index contributed by atoms with van der Waals surface area (Å²) in [5.74, 6) is 1.20. The highest BCUT2D eigenvalue weighted by molar-refractivity contribution is 6.31. The molecule has 8 heteroatoms. The number of hydrogen-bond acceptors (Lipinski definition) is 6. The van der Waals surface area contributed by atoms with Crippen LogP contribution < -0.4 is 5.32 Å². The average molecular weight is 334 g/mol. The number of anilines is 1. The van der Waals surface area contributed by atoms with Crippen molar-refractivity contribution in [2.45, 2.75) is 0 Å². The molecule has 3 rings (SSSR count). The van der Waals surface area contributed by atoms with Crippen LogP contribution in [0.25, 0.3) is 16.9 Å². The van der Waals surface area contributed by atoms with E-state index in [-0.39, 0.29) is 6.61 Å². The van der Waals surface area contributed by atoms with Crippen molar-refractivity contribution in [3.8, 4) is 5.95 Å². The zero-order valence-electron chi connectivity index (χ0n) is 12.3. The van der Waals surface area contributed by atoms with Crippen molar-refractivity contribution in [3.63, 3.8) is 0 Å². The first kappa shape index (κ1) is 15.7. The number of nitrogens with zero attached hydrogens (tertiary/aromatic N) is 4. The van der Waals surface area contributed by atoms with Crippen LogP contribution >= 0.6 is 11.6 Å². The number of imidazole rings is 1. The van der Waals surface area contributed by atoms with Crippen molar-refractivity contribution in [3.05, 3.63) is 41.9 Å². The van der Waals surface area contributed by atoms with E-state index < -0.39 is 0 Å². The summed E-state index contributed by atoms with van der Waals surface area (Å²) in [6, 6.07) is 5.47. The van der Waals surface area contributed by atoms with Gasteiger partial charge in [0, 0.05) is 29.3 Å². The van der Waals surface area contributed by atoms with Crippen LogP contribution in [0.4, 0.5) is 5.82 Å². The molecule has 23 heavy (non-hydrogen) atoms. The second-order valence-corrected chi connectivity index (χ2v) is 5.20. The van der Waals surface area contributed by atoms with E-state index >= 15 is 0 Å². The lowest BCUT2D eigenvalue weighted by atomic mass is 10.2. The summed E-state index contributed by atoms with van der Waals surface area (Å²) >= 11 is 6.08. The number of aliphatic hydroxyl groups excluding tert-OH is 1. The Kier molecular flexibility index (Phi) is 5.02. The molecule has 0 amide bonds. The van der Waals surface area contributed by atoms with Crippen LogP contribution in [0.5, 0.6) is 0 Å². The number of benzene rings is 1. The summed E-state index contributed by atoms with van der Waals surface area (Å²) in [6.07, 6.45) is 5.10. The molecule has 3 aromatic rings. The summed E-state index contributed by atoms with van der Waals surface area (Å²) in [5, 5.41) is 13.4. The predicted molar refractivity (Wildman–Crippen MR) is 88.1 cm³/mol. The Hall–Kier alpha value is -2.22. The number of rotatable bonds is 7. The molecular weight excluding hydrogens is 318 g/mol. The van der Waals surface area contributed by atoms with Crippen molar-refractivity contribution in [1.82, 2.24) is 19.5 Å². The predicted octanol–water partition coefficient (Wildman–Crippen LogP) is 1.89. The van der Waals surface area contributed by atoms with Crippen molar-refractivity contribution >= 4 is 28.3 Å². The summed E-state index contributed by atoms with van der Waals surface area (Å²) < 4.78 is 6.98. The SMILES string of the molecule is OCCOCCNc1nc(-n2ccnc2)nc2ccc(Cl)cc12. The minimum atomic E-state index is 0.0107. The number of ether oxygens (including phenoxy) is 1. The van der Waals surface area contributed by atoms with Gasteiger partial charge in [0.1, 0.15) is 12.1 Å². The van der Waals surface area contributed by atoms with E-state index in [1.54, 1.807) is 29.4 Å². The Bertz CT molecular complexity index is 779. The highest BCUT2D eigenvalue weighted by Crippen LogP contribution is 2.24. The zero-order valence-corrected chi connectivity index (χ0v) is 13.1. The first-order valence-corrected chi connectivity index (χ1v) is 7.54. The van der Waals surface area contributed by atoms with Gasteiger partial charge in [-0.2, -0.15) is 4.98 Å². The fourth-order valence-corrected chi connectivity index (χ4v) is 2.30. The standard InChI is InChI=1S/C15H16ClN5O2/c16-11-1-2-13-12(9-11)14(18-4-7-23-8-6-22)20-15(19-13)21-5-3-17-10-21/h1-3,5,9-10,22H,4,6-8H2,(H,18,19,20). The molecule has 120 valence electrons. The zero-order chi connectivity index (χ0) is 16.1. The van der Waals surface area contributed by atoms with Crippen LogP contribution in [0.15, 0.2) is 36.9 Å². The molecule has 7 nitrogen and oxygen atoms in total. The van der Waals surface area contributed by atoms with Gasteiger partial charge in [-0.3, -0.25) is 4.57 Å². The normalized spacial score (nSPS) is 11.0. The molecule has 2 aromatic heterocycles. The summed E-state index contributed by atoms with van der Waals surface area (Å²) in [7, 11) is 0. The van der Waals surface area contributed by atoms with Crippen molar-refractivity contribution in [2.75, 3.05) is 31.7 Å². The lowest BCUT2D eigenvalue weighted by Crippen LogP contribution is -2.13. The lowest BCUT2D eigenvalue weighted by molar-refractivity contribution is 0.0992. The molecule has 0 aliphatic heterocycles.